The van der Waals surface area contributed by atoms with Gasteiger partial charge in [0.15, 0.2) is 0 Å². The van der Waals surface area contributed by atoms with E-state index in [2.05, 4.69) is 0 Å². The van der Waals surface area contributed by atoms with E-state index in [1.807, 2.05) is 0 Å². The van der Waals surface area contributed by atoms with Gasteiger partial charge in [-0.3, -0.25) is 19.3 Å². The van der Waals surface area contributed by atoms with E-state index in [1.54, 1.807) is 0 Å². The van der Waals surface area contributed by atoms with Crippen molar-refractivity contribution in [1.29, 1.82) is 0 Å². The predicted molar refractivity (Wildman–Crippen MR) is 52.8 cm³/mol. The summed E-state index contributed by atoms with van der Waals surface area (Å²) in [6.45, 7) is 0.267. The number of hydrogen-bond donors (Lipinski definition) is 0. The summed E-state index contributed by atoms with van der Waals surface area (Å²) in [5.41, 5.74) is 0. The highest BCUT2D eigenvalue weighted by atomic mass is 16.2. The van der Waals surface area contributed by atoms with Crippen LogP contribution >= 0.6 is 0 Å². The molecule has 0 aromatic rings. The third-order valence-electron chi connectivity index (χ3n) is 2.98. The lowest BCUT2D eigenvalue weighted by atomic mass is 9.87. The molecule has 0 spiro atoms. The predicted octanol–water partition coefficient (Wildman–Crippen LogP) is 0.671. The van der Waals surface area contributed by atoms with Gasteiger partial charge in [0, 0.05) is 31.0 Å². The summed E-state index contributed by atoms with van der Waals surface area (Å²) >= 11 is 0. The number of carbonyl (C=O) groups is 3. The van der Waals surface area contributed by atoms with Gasteiger partial charge in [-0.05, 0) is 12.8 Å². The smallest absolute Gasteiger partial charge is 0.253 e. The quantitative estimate of drug-likeness (QED) is 0.625. The highest BCUT2D eigenvalue weighted by Crippen LogP contribution is 2.22. The van der Waals surface area contributed by atoms with Crippen LogP contribution in [0.4, 0.5) is 0 Å². The molecule has 15 heavy (non-hydrogen) atoms. The number of amides is 2. The Balaban J connectivity index is 1.99. The molecule has 2 amide bonds. The molecular formula is C11H13NO3. The first-order valence-corrected chi connectivity index (χ1v) is 5.25. The second-order valence-electron chi connectivity index (χ2n) is 4.03. The monoisotopic (exact) mass is 207 g/mol. The molecule has 4 nitrogen and oxygen atoms in total. The van der Waals surface area contributed by atoms with E-state index < -0.39 is 0 Å². The normalized spacial score (nSPS) is 26.5. The van der Waals surface area contributed by atoms with E-state index in [9.17, 15) is 14.4 Å². The van der Waals surface area contributed by atoms with Gasteiger partial charge in [0.05, 0.1) is 0 Å². The molecule has 0 aromatic heterocycles. The van der Waals surface area contributed by atoms with Gasteiger partial charge in [0.1, 0.15) is 5.78 Å². The Hall–Kier alpha value is -1.45. The molecule has 2 rings (SSSR count). The molecule has 0 saturated heterocycles. The molecule has 4 heteroatoms. The number of nitrogens with zero attached hydrogens (tertiary/aromatic N) is 1. The topological polar surface area (TPSA) is 54.5 Å². The van der Waals surface area contributed by atoms with Crippen molar-refractivity contribution in [3.8, 4) is 0 Å². The van der Waals surface area contributed by atoms with Crippen molar-refractivity contribution in [2.75, 3.05) is 6.54 Å². The van der Waals surface area contributed by atoms with E-state index in [-0.39, 0.29) is 30.1 Å². The second-order valence-corrected chi connectivity index (χ2v) is 4.03. The van der Waals surface area contributed by atoms with Crippen LogP contribution in [0.3, 0.4) is 0 Å². The van der Waals surface area contributed by atoms with Crippen molar-refractivity contribution < 1.29 is 14.4 Å². The summed E-state index contributed by atoms with van der Waals surface area (Å²) in [6.07, 6.45) is 5.87. The second kappa shape index (κ2) is 3.96. The van der Waals surface area contributed by atoms with Crippen molar-refractivity contribution in [2.24, 2.45) is 5.92 Å². The van der Waals surface area contributed by atoms with Crippen molar-refractivity contribution >= 4 is 17.6 Å². The Labute approximate surface area is 87.9 Å². The lowest BCUT2D eigenvalue weighted by Gasteiger charge is -2.24. The van der Waals surface area contributed by atoms with Crippen molar-refractivity contribution in [3.05, 3.63) is 12.2 Å². The summed E-state index contributed by atoms with van der Waals surface area (Å²) in [5.74, 6) is -0.531. The Morgan fingerprint density at radius 2 is 1.80 bits per heavy atom. The molecule has 1 atom stereocenters. The average Bonchev–Trinajstić information content (AvgIpc) is 2.53. The maximum absolute atomic E-state index is 11.5. The van der Waals surface area contributed by atoms with E-state index in [0.29, 0.717) is 6.42 Å². The van der Waals surface area contributed by atoms with Gasteiger partial charge in [-0.15, -0.1) is 0 Å². The minimum Gasteiger partial charge on any atom is -0.299 e. The molecular weight excluding hydrogens is 194 g/mol. The van der Waals surface area contributed by atoms with Gasteiger partial charge in [-0.25, -0.2) is 0 Å². The summed E-state index contributed by atoms with van der Waals surface area (Å²) in [4.78, 5) is 35.2. The molecule has 1 unspecified atom stereocenters. The Kier molecular flexibility index (Phi) is 2.66. The molecule has 1 heterocycles. The van der Waals surface area contributed by atoms with Crippen LogP contribution < -0.4 is 0 Å². The zero-order chi connectivity index (χ0) is 10.8. The third-order valence-corrected chi connectivity index (χ3v) is 2.98. The largest absolute Gasteiger partial charge is 0.299 e. The van der Waals surface area contributed by atoms with Gasteiger partial charge < -0.3 is 0 Å². The van der Waals surface area contributed by atoms with Crippen LogP contribution in [-0.2, 0) is 14.4 Å². The van der Waals surface area contributed by atoms with Crippen molar-refractivity contribution in [1.82, 2.24) is 4.90 Å². The first kappa shape index (κ1) is 10.1. The highest BCUT2D eigenvalue weighted by Gasteiger charge is 2.30. The Morgan fingerprint density at radius 1 is 1.13 bits per heavy atom. The van der Waals surface area contributed by atoms with Crippen LogP contribution in [0.15, 0.2) is 12.2 Å². The first-order chi connectivity index (χ1) is 7.18. The highest BCUT2D eigenvalue weighted by molar-refractivity contribution is 6.13. The van der Waals surface area contributed by atoms with E-state index >= 15 is 0 Å². The van der Waals surface area contributed by atoms with Crippen LogP contribution in [-0.4, -0.2) is 29.0 Å². The van der Waals surface area contributed by atoms with Gasteiger partial charge in [0.2, 0.25) is 0 Å². The minimum absolute atomic E-state index is 0.133. The summed E-state index contributed by atoms with van der Waals surface area (Å²) < 4.78 is 0. The van der Waals surface area contributed by atoms with Gasteiger partial charge >= 0.3 is 0 Å². The summed E-state index contributed by atoms with van der Waals surface area (Å²) in [7, 11) is 0. The van der Waals surface area contributed by atoms with Crippen LogP contribution in [0.5, 0.6) is 0 Å². The zero-order valence-electron chi connectivity index (χ0n) is 8.44. The zero-order valence-corrected chi connectivity index (χ0v) is 8.44. The summed E-state index contributed by atoms with van der Waals surface area (Å²) in [6, 6.07) is 0. The standard InChI is InChI=1S/C11H13NO3/c13-9-4-2-1-3-8(9)7-12-10(14)5-6-11(12)15/h5-6,8H,1-4,7H2. The van der Waals surface area contributed by atoms with Crippen LogP contribution in [0.25, 0.3) is 0 Å². The molecule has 1 fully saturated rings. The van der Waals surface area contributed by atoms with Gasteiger partial charge in [-0.1, -0.05) is 6.42 Å². The number of rotatable bonds is 2. The lowest BCUT2D eigenvalue weighted by Crippen LogP contribution is -2.38. The first-order valence-electron chi connectivity index (χ1n) is 5.25. The van der Waals surface area contributed by atoms with Crippen LogP contribution in [0.1, 0.15) is 25.7 Å². The molecule has 0 radical (unpaired) electrons. The number of carbonyl (C=O) groups excluding carboxylic acids is 3. The van der Waals surface area contributed by atoms with Crippen molar-refractivity contribution in [2.45, 2.75) is 25.7 Å². The van der Waals surface area contributed by atoms with E-state index in [4.69, 9.17) is 0 Å². The van der Waals surface area contributed by atoms with Gasteiger partial charge in [-0.2, -0.15) is 0 Å². The average molecular weight is 207 g/mol. The molecule has 1 aliphatic carbocycles. The molecule has 80 valence electrons. The molecule has 0 aromatic carbocycles. The van der Waals surface area contributed by atoms with Crippen LogP contribution in [0.2, 0.25) is 0 Å². The maximum atomic E-state index is 11.5. The summed E-state index contributed by atoms with van der Waals surface area (Å²) in [5, 5.41) is 0. The van der Waals surface area contributed by atoms with Crippen LogP contribution in [0, 0.1) is 5.92 Å². The number of imide groups is 1. The van der Waals surface area contributed by atoms with Crippen molar-refractivity contribution in [3.63, 3.8) is 0 Å². The fourth-order valence-electron chi connectivity index (χ4n) is 2.08. The number of Topliss-reactive ketones (excluding diaryl/α,β-unsaturated/α-hetero) is 1. The third kappa shape index (κ3) is 1.98. The fraction of sp³-hybridized carbons (Fsp3) is 0.545. The number of hydrogen-bond acceptors (Lipinski definition) is 3. The van der Waals surface area contributed by atoms with Gasteiger partial charge in [0.25, 0.3) is 11.8 Å². The molecule has 2 aliphatic rings. The number of ketones is 1. The molecule has 1 saturated carbocycles. The molecule has 0 bridgehead atoms. The maximum Gasteiger partial charge on any atom is 0.253 e. The fourth-order valence-corrected chi connectivity index (χ4v) is 2.08. The van der Waals surface area contributed by atoms with E-state index in [1.165, 1.54) is 12.2 Å². The molecule has 0 N–H and O–H groups in total. The van der Waals surface area contributed by atoms with E-state index in [0.717, 1.165) is 24.2 Å². The Morgan fingerprint density at radius 3 is 2.40 bits per heavy atom. The SMILES string of the molecule is O=C1CCCCC1CN1C(=O)C=CC1=O. The molecule has 1 aliphatic heterocycles. The lowest BCUT2D eigenvalue weighted by molar-refractivity contribution is -0.138. The Bertz CT molecular complexity index is 328. The minimum atomic E-state index is -0.293.